The Bertz CT molecular complexity index is 277. The summed E-state index contributed by atoms with van der Waals surface area (Å²) in [6.07, 6.45) is -1.36. The first-order valence-electron chi connectivity index (χ1n) is 4.44. The summed E-state index contributed by atoms with van der Waals surface area (Å²) in [7, 11) is 0. The highest BCUT2D eigenvalue weighted by Crippen LogP contribution is 2.26. The second-order valence-corrected chi connectivity index (χ2v) is 4.25. The maximum absolute atomic E-state index is 9.65. The van der Waals surface area contributed by atoms with Gasteiger partial charge in [0, 0.05) is 9.75 Å². The first kappa shape index (κ1) is 11.6. The quantitative estimate of drug-likeness (QED) is 0.558. The maximum atomic E-state index is 9.65. The van der Waals surface area contributed by atoms with Crippen LogP contribution in [0, 0.1) is 0 Å². The minimum atomic E-state index is -0.899. The monoisotopic (exact) mass is 217 g/mol. The molecule has 0 aliphatic carbocycles. The highest BCUT2D eigenvalue weighted by Gasteiger charge is 2.19. The summed E-state index contributed by atoms with van der Waals surface area (Å²) in [5.41, 5.74) is 5.27. The minimum Gasteiger partial charge on any atom is -0.391 e. The van der Waals surface area contributed by atoms with Crippen LogP contribution in [-0.4, -0.2) is 28.0 Å². The lowest BCUT2D eigenvalue weighted by molar-refractivity contribution is 0.0171. The first-order chi connectivity index (χ1) is 6.69. The van der Waals surface area contributed by atoms with Crippen LogP contribution in [0.2, 0.25) is 0 Å². The Labute approximate surface area is 86.6 Å². The van der Waals surface area contributed by atoms with Gasteiger partial charge < -0.3 is 21.1 Å². The van der Waals surface area contributed by atoms with Crippen molar-refractivity contribution in [2.75, 3.05) is 6.54 Å². The molecule has 1 aromatic rings. The summed E-state index contributed by atoms with van der Waals surface area (Å²) in [6.45, 7) is 0.306. The van der Waals surface area contributed by atoms with Gasteiger partial charge in [0.15, 0.2) is 0 Å². The summed E-state index contributed by atoms with van der Waals surface area (Å²) in [5, 5.41) is 27.9. The lowest BCUT2D eigenvalue weighted by Gasteiger charge is -2.15. The van der Waals surface area contributed by atoms with Gasteiger partial charge in [-0.15, -0.1) is 11.3 Å². The zero-order valence-electron chi connectivity index (χ0n) is 7.76. The van der Waals surface area contributed by atoms with Crippen LogP contribution in [0.5, 0.6) is 0 Å². The molecule has 0 aliphatic rings. The van der Waals surface area contributed by atoms with Crippen molar-refractivity contribution in [3.63, 3.8) is 0 Å². The third kappa shape index (κ3) is 2.76. The van der Waals surface area contributed by atoms with Gasteiger partial charge in [-0.2, -0.15) is 0 Å². The van der Waals surface area contributed by atoms with Crippen LogP contribution < -0.4 is 5.73 Å². The summed E-state index contributed by atoms with van der Waals surface area (Å²) in [6, 6.07) is 3.44. The molecule has 14 heavy (non-hydrogen) atoms. The molecule has 0 amide bonds. The molecule has 5 heteroatoms. The van der Waals surface area contributed by atoms with Crippen LogP contribution in [0.15, 0.2) is 12.1 Å². The van der Waals surface area contributed by atoms with Crippen molar-refractivity contribution < 1.29 is 15.3 Å². The SMILES string of the molecule is NCCC(O)C(O)c1ccc(CO)s1. The molecule has 0 fully saturated rings. The molecule has 1 heterocycles. The fourth-order valence-corrected chi connectivity index (χ4v) is 2.07. The molecule has 4 nitrogen and oxygen atoms in total. The van der Waals surface area contributed by atoms with E-state index < -0.39 is 12.2 Å². The standard InChI is InChI=1S/C9H15NO3S/c10-4-3-7(12)9(13)8-2-1-6(5-11)14-8/h1-2,7,9,11-13H,3-5,10H2. The highest BCUT2D eigenvalue weighted by atomic mass is 32.1. The average Bonchev–Trinajstić information content (AvgIpc) is 2.65. The van der Waals surface area contributed by atoms with Crippen molar-refractivity contribution in [3.8, 4) is 0 Å². The number of aliphatic hydroxyl groups is 3. The molecule has 0 saturated heterocycles. The van der Waals surface area contributed by atoms with Crippen LogP contribution in [0.4, 0.5) is 0 Å². The fourth-order valence-electron chi connectivity index (χ4n) is 1.16. The zero-order chi connectivity index (χ0) is 10.6. The Morgan fingerprint density at radius 1 is 1.36 bits per heavy atom. The normalized spacial score (nSPS) is 15.4. The lowest BCUT2D eigenvalue weighted by Crippen LogP contribution is -2.20. The molecular weight excluding hydrogens is 202 g/mol. The molecule has 0 aliphatic heterocycles. The van der Waals surface area contributed by atoms with E-state index in [1.165, 1.54) is 11.3 Å². The first-order valence-corrected chi connectivity index (χ1v) is 5.26. The van der Waals surface area contributed by atoms with Crippen molar-refractivity contribution in [3.05, 3.63) is 21.9 Å². The number of hydrogen-bond donors (Lipinski definition) is 4. The molecule has 1 rings (SSSR count). The predicted molar refractivity (Wildman–Crippen MR) is 54.9 cm³/mol. The molecule has 0 aromatic carbocycles. The number of thiophene rings is 1. The van der Waals surface area contributed by atoms with E-state index in [0.717, 1.165) is 4.88 Å². The molecule has 0 saturated carbocycles. The molecule has 5 N–H and O–H groups in total. The van der Waals surface area contributed by atoms with Gasteiger partial charge in [-0.3, -0.25) is 0 Å². The second kappa shape index (κ2) is 5.43. The highest BCUT2D eigenvalue weighted by molar-refractivity contribution is 7.12. The molecule has 0 radical (unpaired) electrons. The Hall–Kier alpha value is -0.460. The third-order valence-corrected chi connectivity index (χ3v) is 3.10. The molecule has 0 bridgehead atoms. The van der Waals surface area contributed by atoms with Crippen LogP contribution in [0.1, 0.15) is 22.3 Å². The van der Waals surface area contributed by atoms with Crippen molar-refractivity contribution in [2.45, 2.75) is 25.2 Å². The molecule has 80 valence electrons. The number of rotatable bonds is 5. The van der Waals surface area contributed by atoms with Crippen LogP contribution >= 0.6 is 11.3 Å². The summed E-state index contributed by atoms with van der Waals surface area (Å²) in [5.74, 6) is 0. The van der Waals surface area contributed by atoms with Gasteiger partial charge in [0.05, 0.1) is 12.7 Å². The molecule has 2 unspecified atom stereocenters. The van der Waals surface area contributed by atoms with Crippen molar-refractivity contribution in [1.82, 2.24) is 0 Å². The number of nitrogens with two attached hydrogens (primary N) is 1. The summed E-state index contributed by atoms with van der Waals surface area (Å²) in [4.78, 5) is 1.44. The van der Waals surface area contributed by atoms with E-state index in [2.05, 4.69) is 0 Å². The second-order valence-electron chi connectivity index (χ2n) is 3.05. The fraction of sp³-hybridized carbons (Fsp3) is 0.556. The van der Waals surface area contributed by atoms with E-state index in [1.807, 2.05) is 0 Å². The van der Waals surface area contributed by atoms with E-state index in [1.54, 1.807) is 12.1 Å². The minimum absolute atomic E-state index is 0.0373. The Morgan fingerprint density at radius 2 is 2.07 bits per heavy atom. The van der Waals surface area contributed by atoms with Gasteiger partial charge in [-0.1, -0.05) is 0 Å². The van der Waals surface area contributed by atoms with Crippen molar-refractivity contribution in [2.24, 2.45) is 5.73 Å². The van der Waals surface area contributed by atoms with Crippen molar-refractivity contribution in [1.29, 1.82) is 0 Å². The molecular formula is C9H15NO3S. The van der Waals surface area contributed by atoms with E-state index in [9.17, 15) is 10.2 Å². The predicted octanol–water partition coefficient (Wildman–Crippen LogP) is -0.0165. The maximum Gasteiger partial charge on any atom is 0.114 e. The van der Waals surface area contributed by atoms with Gasteiger partial charge in [0.2, 0.25) is 0 Å². The van der Waals surface area contributed by atoms with Gasteiger partial charge in [0.25, 0.3) is 0 Å². The Morgan fingerprint density at radius 3 is 2.57 bits per heavy atom. The smallest absolute Gasteiger partial charge is 0.114 e. The molecule has 0 spiro atoms. The summed E-state index contributed by atoms with van der Waals surface area (Å²) < 4.78 is 0. The van der Waals surface area contributed by atoms with Gasteiger partial charge in [0.1, 0.15) is 6.10 Å². The van der Waals surface area contributed by atoms with Gasteiger partial charge in [-0.05, 0) is 25.1 Å². The molecule has 2 atom stereocenters. The van der Waals surface area contributed by atoms with E-state index >= 15 is 0 Å². The summed E-state index contributed by atoms with van der Waals surface area (Å²) >= 11 is 1.29. The lowest BCUT2D eigenvalue weighted by atomic mass is 10.1. The van der Waals surface area contributed by atoms with Crippen LogP contribution in [-0.2, 0) is 6.61 Å². The molecule has 1 aromatic heterocycles. The van der Waals surface area contributed by atoms with E-state index in [4.69, 9.17) is 10.8 Å². The largest absolute Gasteiger partial charge is 0.391 e. The Kier molecular flexibility index (Phi) is 4.50. The van der Waals surface area contributed by atoms with E-state index in [0.29, 0.717) is 17.8 Å². The van der Waals surface area contributed by atoms with E-state index in [-0.39, 0.29) is 6.61 Å². The topological polar surface area (TPSA) is 86.7 Å². The van der Waals surface area contributed by atoms with Crippen LogP contribution in [0.25, 0.3) is 0 Å². The van der Waals surface area contributed by atoms with Crippen LogP contribution in [0.3, 0.4) is 0 Å². The average molecular weight is 217 g/mol. The number of aliphatic hydroxyl groups excluding tert-OH is 3. The Balaban J connectivity index is 2.63. The third-order valence-electron chi connectivity index (χ3n) is 1.96. The number of hydrogen-bond acceptors (Lipinski definition) is 5. The zero-order valence-corrected chi connectivity index (χ0v) is 8.57. The van der Waals surface area contributed by atoms with Gasteiger partial charge in [-0.25, -0.2) is 0 Å². The van der Waals surface area contributed by atoms with Crippen molar-refractivity contribution >= 4 is 11.3 Å². The van der Waals surface area contributed by atoms with Gasteiger partial charge >= 0.3 is 0 Å².